The van der Waals surface area contributed by atoms with Crippen molar-refractivity contribution in [1.29, 1.82) is 0 Å². The first-order valence-electron chi connectivity index (χ1n) is 9.62. The lowest BCUT2D eigenvalue weighted by Crippen LogP contribution is -2.29. The van der Waals surface area contributed by atoms with E-state index in [4.69, 9.17) is 20.8 Å². The average molecular weight is 513 g/mol. The van der Waals surface area contributed by atoms with Crippen LogP contribution in [0, 0.1) is 0 Å². The van der Waals surface area contributed by atoms with Gasteiger partial charge in [0.25, 0.3) is 5.91 Å². The molecule has 8 heteroatoms. The Labute approximate surface area is 195 Å². The maximum atomic E-state index is 13.6. The minimum Gasteiger partial charge on any atom is -0.503 e. The van der Waals surface area contributed by atoms with Gasteiger partial charge in [-0.25, -0.2) is 0 Å². The molecule has 1 aromatic heterocycles. The van der Waals surface area contributed by atoms with E-state index in [0.29, 0.717) is 20.7 Å². The fourth-order valence-corrected chi connectivity index (χ4v) is 4.65. The minimum atomic E-state index is -0.801. The van der Waals surface area contributed by atoms with Crippen LogP contribution in [0.3, 0.4) is 0 Å². The molecule has 1 aliphatic rings. The number of rotatable bonds is 3. The summed E-state index contributed by atoms with van der Waals surface area (Å²) in [4.78, 5) is 28.6. The predicted molar refractivity (Wildman–Crippen MR) is 125 cm³/mol. The molecule has 1 aliphatic heterocycles. The van der Waals surface area contributed by atoms with Gasteiger partial charge in [0.1, 0.15) is 5.58 Å². The Balaban J connectivity index is 1.85. The Kier molecular flexibility index (Phi) is 4.95. The van der Waals surface area contributed by atoms with Crippen molar-refractivity contribution in [2.24, 2.45) is 0 Å². The first-order chi connectivity index (χ1) is 15.4. The summed E-state index contributed by atoms with van der Waals surface area (Å²) in [6, 6.07) is 16.2. The summed E-state index contributed by atoms with van der Waals surface area (Å²) in [7, 11) is 1.43. The molecule has 32 heavy (non-hydrogen) atoms. The van der Waals surface area contributed by atoms with Gasteiger partial charge in [-0.2, -0.15) is 0 Å². The van der Waals surface area contributed by atoms with Crippen molar-refractivity contribution < 1.29 is 19.1 Å². The Morgan fingerprint density at radius 1 is 1.09 bits per heavy atom. The molecule has 0 radical (unpaired) electrons. The number of fused-ring (bicyclic) bond motifs is 2. The third kappa shape index (κ3) is 3.08. The number of halogens is 2. The molecule has 3 aromatic carbocycles. The molecule has 1 atom stereocenters. The number of methoxy groups -OCH3 is 1. The molecule has 0 fully saturated rings. The van der Waals surface area contributed by atoms with E-state index in [-0.39, 0.29) is 39.2 Å². The van der Waals surface area contributed by atoms with Crippen LogP contribution in [0.2, 0.25) is 5.02 Å². The monoisotopic (exact) mass is 511 g/mol. The number of amides is 1. The molecule has 160 valence electrons. The van der Waals surface area contributed by atoms with Gasteiger partial charge in [-0.1, -0.05) is 29.8 Å². The number of phenols is 1. The number of aromatic hydroxyl groups is 1. The summed E-state index contributed by atoms with van der Waals surface area (Å²) < 4.78 is 11.6. The van der Waals surface area contributed by atoms with Gasteiger partial charge < -0.3 is 14.3 Å². The lowest BCUT2D eigenvalue weighted by molar-refractivity contribution is 0.0971. The summed E-state index contributed by atoms with van der Waals surface area (Å²) in [6.07, 6.45) is 0. The number of carbonyl (C=O) groups excluding carboxylic acids is 1. The van der Waals surface area contributed by atoms with Gasteiger partial charge in [-0.15, -0.1) is 0 Å². The number of hydrogen-bond donors (Lipinski definition) is 1. The van der Waals surface area contributed by atoms with Gasteiger partial charge in [0.2, 0.25) is 5.76 Å². The highest BCUT2D eigenvalue weighted by Gasteiger charge is 2.44. The molecule has 0 saturated carbocycles. The number of anilines is 1. The van der Waals surface area contributed by atoms with E-state index >= 15 is 0 Å². The molecule has 0 bridgehead atoms. The van der Waals surface area contributed by atoms with Gasteiger partial charge in [-0.3, -0.25) is 14.5 Å². The zero-order valence-electron chi connectivity index (χ0n) is 16.6. The average Bonchev–Trinajstić information content (AvgIpc) is 3.09. The lowest BCUT2D eigenvalue weighted by Gasteiger charge is -2.26. The van der Waals surface area contributed by atoms with Crippen LogP contribution in [0.1, 0.15) is 27.7 Å². The van der Waals surface area contributed by atoms with E-state index in [1.807, 2.05) is 18.2 Å². The molecule has 0 aliphatic carbocycles. The molecule has 1 unspecified atom stereocenters. The Morgan fingerprint density at radius 2 is 1.84 bits per heavy atom. The van der Waals surface area contributed by atoms with E-state index in [9.17, 15) is 14.7 Å². The van der Waals surface area contributed by atoms with Gasteiger partial charge in [0, 0.05) is 10.7 Å². The minimum absolute atomic E-state index is 0.0261. The van der Waals surface area contributed by atoms with E-state index in [2.05, 4.69) is 15.9 Å². The van der Waals surface area contributed by atoms with Gasteiger partial charge in [0.05, 0.1) is 28.6 Å². The van der Waals surface area contributed by atoms with Crippen LogP contribution in [0.15, 0.2) is 74.3 Å². The quantitative estimate of drug-likeness (QED) is 0.382. The van der Waals surface area contributed by atoms with Gasteiger partial charge >= 0.3 is 0 Å². The molecule has 0 saturated heterocycles. The summed E-state index contributed by atoms with van der Waals surface area (Å²) in [6.45, 7) is 0. The zero-order valence-corrected chi connectivity index (χ0v) is 19.0. The first kappa shape index (κ1) is 20.6. The summed E-state index contributed by atoms with van der Waals surface area (Å²) in [5.41, 5.74) is 1.30. The molecule has 6 nitrogen and oxygen atoms in total. The van der Waals surface area contributed by atoms with Crippen LogP contribution in [0.4, 0.5) is 5.69 Å². The number of hydrogen-bond acceptors (Lipinski definition) is 5. The maximum absolute atomic E-state index is 13.6. The third-order valence-corrected chi connectivity index (χ3v) is 6.29. The molecule has 5 rings (SSSR count). The Hall–Kier alpha value is -3.29. The van der Waals surface area contributed by atoms with Gasteiger partial charge in [0.15, 0.2) is 16.9 Å². The van der Waals surface area contributed by atoms with E-state index < -0.39 is 11.9 Å². The van der Waals surface area contributed by atoms with Crippen molar-refractivity contribution in [3.63, 3.8) is 0 Å². The van der Waals surface area contributed by atoms with E-state index in [1.54, 1.807) is 36.4 Å². The van der Waals surface area contributed by atoms with Crippen LogP contribution in [-0.2, 0) is 0 Å². The predicted octanol–water partition coefficient (Wildman–Crippen LogP) is 5.67. The smallest absolute Gasteiger partial charge is 0.295 e. The van der Waals surface area contributed by atoms with Gasteiger partial charge in [-0.05, 0) is 64.0 Å². The van der Waals surface area contributed by atoms with Crippen LogP contribution in [-0.4, -0.2) is 18.1 Å². The molecule has 4 aromatic rings. The number of phenolic OH excluding ortho intramolecular Hbond substituents is 1. The number of nitrogens with zero attached hydrogens (tertiary/aromatic N) is 1. The largest absolute Gasteiger partial charge is 0.503 e. The fraction of sp³-hybridized carbons (Fsp3) is 0.0833. The Morgan fingerprint density at radius 3 is 2.56 bits per heavy atom. The highest BCUT2D eigenvalue weighted by atomic mass is 79.9. The summed E-state index contributed by atoms with van der Waals surface area (Å²) in [5, 5.41) is 10.9. The SMILES string of the molecule is COc1cc(C2c3c(oc4ccc(Cl)cc4c3=O)C(=O)N2c2ccccc2)cc(Br)c1O. The first-order valence-corrected chi connectivity index (χ1v) is 10.8. The fourth-order valence-electron chi connectivity index (χ4n) is 4.02. The number of benzene rings is 3. The Bertz CT molecular complexity index is 1450. The van der Waals surface area contributed by atoms with Crippen molar-refractivity contribution in [3.8, 4) is 11.5 Å². The number of carbonyl (C=O) groups is 1. The van der Waals surface area contributed by atoms with E-state index in [0.717, 1.165) is 0 Å². The summed E-state index contributed by atoms with van der Waals surface area (Å²) >= 11 is 9.45. The van der Waals surface area contributed by atoms with Crippen LogP contribution >= 0.6 is 27.5 Å². The molecule has 0 spiro atoms. The summed E-state index contributed by atoms with van der Waals surface area (Å²) in [5.74, 6) is -0.337. The van der Waals surface area contributed by atoms with Crippen molar-refractivity contribution in [2.75, 3.05) is 12.0 Å². The maximum Gasteiger partial charge on any atom is 0.295 e. The van der Waals surface area contributed by atoms with Crippen LogP contribution in [0.5, 0.6) is 11.5 Å². The molecule has 1 N–H and O–H groups in total. The number of ether oxygens (including phenoxy) is 1. The lowest BCUT2D eigenvalue weighted by atomic mass is 9.97. The highest BCUT2D eigenvalue weighted by molar-refractivity contribution is 9.10. The number of para-hydroxylation sites is 1. The molecular formula is C24H15BrClNO5. The van der Waals surface area contributed by atoms with Crippen molar-refractivity contribution in [2.45, 2.75) is 6.04 Å². The molecule has 1 amide bonds. The van der Waals surface area contributed by atoms with Crippen LogP contribution < -0.4 is 15.1 Å². The molecule has 2 heterocycles. The second-order valence-electron chi connectivity index (χ2n) is 7.28. The highest BCUT2D eigenvalue weighted by Crippen LogP contribution is 2.45. The normalized spacial score (nSPS) is 15.3. The van der Waals surface area contributed by atoms with Crippen molar-refractivity contribution >= 4 is 50.1 Å². The van der Waals surface area contributed by atoms with Crippen molar-refractivity contribution in [3.05, 3.63) is 97.3 Å². The second-order valence-corrected chi connectivity index (χ2v) is 8.57. The van der Waals surface area contributed by atoms with E-state index in [1.165, 1.54) is 18.1 Å². The molecular weight excluding hydrogens is 498 g/mol. The third-order valence-electron chi connectivity index (χ3n) is 5.45. The topological polar surface area (TPSA) is 80.0 Å². The standard InChI is InChI=1S/C24H15BrClNO5/c1-31-18-10-12(9-16(25)22(18)29)20-19-21(28)15-11-13(26)7-8-17(15)32-23(19)24(30)27(20)14-5-3-2-4-6-14/h2-11,20,29H,1H3. The zero-order chi connectivity index (χ0) is 22.6. The van der Waals surface area contributed by atoms with Crippen LogP contribution in [0.25, 0.3) is 11.0 Å². The van der Waals surface area contributed by atoms with Crippen molar-refractivity contribution in [1.82, 2.24) is 0 Å². The second kappa shape index (κ2) is 7.69.